The van der Waals surface area contributed by atoms with Gasteiger partial charge in [-0.05, 0) is 63.0 Å². The molecule has 150 valence electrons. The van der Waals surface area contributed by atoms with Crippen molar-refractivity contribution in [3.8, 4) is 5.75 Å². The number of urea groups is 1. The number of rotatable bonds is 5. The molecular formula is C21H33N3O3. The summed E-state index contributed by atoms with van der Waals surface area (Å²) in [5.74, 6) is 0.783. The van der Waals surface area contributed by atoms with Crippen LogP contribution in [0.4, 0.5) is 10.5 Å². The van der Waals surface area contributed by atoms with Gasteiger partial charge in [0.05, 0.1) is 12.7 Å². The molecule has 2 saturated heterocycles. The first-order chi connectivity index (χ1) is 13.1. The summed E-state index contributed by atoms with van der Waals surface area (Å²) in [6.07, 6.45) is 4.04. The first-order valence-corrected chi connectivity index (χ1v) is 10.2. The van der Waals surface area contributed by atoms with Gasteiger partial charge in [0.1, 0.15) is 5.75 Å². The molecule has 0 aromatic heterocycles. The van der Waals surface area contributed by atoms with Crippen molar-refractivity contribution in [2.75, 3.05) is 45.2 Å². The van der Waals surface area contributed by atoms with Crippen LogP contribution in [0.3, 0.4) is 0 Å². The van der Waals surface area contributed by atoms with Crippen molar-refractivity contribution in [1.82, 2.24) is 9.80 Å². The van der Waals surface area contributed by atoms with Gasteiger partial charge >= 0.3 is 6.03 Å². The van der Waals surface area contributed by atoms with E-state index in [1.54, 1.807) is 7.11 Å². The van der Waals surface area contributed by atoms with Crippen LogP contribution < -0.4 is 10.1 Å². The number of benzene rings is 1. The average molecular weight is 376 g/mol. The van der Waals surface area contributed by atoms with Crippen LogP contribution in [0.25, 0.3) is 0 Å². The van der Waals surface area contributed by atoms with Crippen LogP contribution in [0.5, 0.6) is 5.75 Å². The zero-order valence-corrected chi connectivity index (χ0v) is 16.9. The van der Waals surface area contributed by atoms with E-state index in [0.29, 0.717) is 6.04 Å². The largest absolute Gasteiger partial charge is 0.497 e. The van der Waals surface area contributed by atoms with Crippen molar-refractivity contribution >= 4 is 11.7 Å². The van der Waals surface area contributed by atoms with Crippen molar-refractivity contribution < 1.29 is 14.3 Å². The number of nitrogens with one attached hydrogen (secondary N) is 1. The molecular weight excluding hydrogens is 342 g/mol. The lowest BCUT2D eigenvalue weighted by Gasteiger charge is -2.48. The van der Waals surface area contributed by atoms with E-state index in [4.69, 9.17) is 9.47 Å². The normalized spacial score (nSPS) is 22.1. The number of carbonyl (C=O) groups excluding carboxylic acids is 1. The molecule has 6 nitrogen and oxygen atoms in total. The Kier molecular flexibility index (Phi) is 6.60. The third kappa shape index (κ3) is 4.74. The minimum Gasteiger partial charge on any atom is -0.497 e. The molecule has 0 radical (unpaired) electrons. The van der Waals surface area contributed by atoms with E-state index in [0.717, 1.165) is 69.9 Å². The SMILES string of the molecule is CCN(CC)C1CCOC2(CCN(C(=O)Nc3ccc(OC)cc3)CC2)C1. The number of methoxy groups -OCH3 is 1. The Morgan fingerprint density at radius 2 is 1.93 bits per heavy atom. The molecule has 0 bridgehead atoms. The monoisotopic (exact) mass is 375 g/mol. The van der Waals surface area contributed by atoms with Gasteiger partial charge in [-0.1, -0.05) is 13.8 Å². The number of carbonyl (C=O) groups is 1. The molecule has 3 rings (SSSR count). The number of anilines is 1. The summed E-state index contributed by atoms with van der Waals surface area (Å²) < 4.78 is 11.4. The number of likely N-dealkylation sites (tertiary alicyclic amines) is 1. The Hall–Kier alpha value is -1.79. The second-order valence-electron chi connectivity index (χ2n) is 7.55. The van der Waals surface area contributed by atoms with Gasteiger partial charge in [0, 0.05) is 31.4 Å². The topological polar surface area (TPSA) is 54.0 Å². The van der Waals surface area contributed by atoms with Gasteiger partial charge in [0.2, 0.25) is 0 Å². The van der Waals surface area contributed by atoms with Gasteiger partial charge in [-0.2, -0.15) is 0 Å². The Bertz CT molecular complexity index is 608. The molecule has 2 aliphatic rings. The molecule has 1 atom stereocenters. The minimum absolute atomic E-state index is 0.0360. The lowest BCUT2D eigenvalue weighted by molar-refractivity contribution is -0.128. The van der Waals surface area contributed by atoms with E-state index in [9.17, 15) is 4.79 Å². The minimum atomic E-state index is -0.0532. The number of hydrogen-bond acceptors (Lipinski definition) is 4. The molecule has 2 amide bonds. The molecule has 1 N–H and O–H groups in total. The van der Waals surface area contributed by atoms with Crippen LogP contribution in [-0.2, 0) is 4.74 Å². The molecule has 1 unspecified atom stereocenters. The highest BCUT2D eigenvalue weighted by atomic mass is 16.5. The fraction of sp³-hybridized carbons (Fsp3) is 0.667. The predicted molar refractivity (Wildman–Crippen MR) is 107 cm³/mol. The maximum absolute atomic E-state index is 12.6. The fourth-order valence-electron chi connectivity index (χ4n) is 4.40. The standard InChI is InChI=1S/C21H33N3O3/c1-4-23(5-2)18-10-15-27-21(16-18)11-13-24(14-12-21)20(25)22-17-6-8-19(26-3)9-7-17/h6-9,18H,4-5,10-16H2,1-3H3,(H,22,25). The maximum atomic E-state index is 12.6. The van der Waals surface area contributed by atoms with E-state index in [-0.39, 0.29) is 11.6 Å². The van der Waals surface area contributed by atoms with E-state index in [1.807, 2.05) is 29.2 Å². The van der Waals surface area contributed by atoms with Crippen molar-refractivity contribution in [2.45, 2.75) is 51.2 Å². The molecule has 1 spiro atoms. The third-order valence-electron chi connectivity index (χ3n) is 6.10. The van der Waals surface area contributed by atoms with Crippen molar-refractivity contribution in [3.63, 3.8) is 0 Å². The average Bonchev–Trinajstić information content (AvgIpc) is 2.70. The van der Waals surface area contributed by atoms with E-state index in [2.05, 4.69) is 24.1 Å². The second-order valence-corrected chi connectivity index (χ2v) is 7.55. The van der Waals surface area contributed by atoms with Crippen molar-refractivity contribution in [3.05, 3.63) is 24.3 Å². The highest BCUT2D eigenvalue weighted by molar-refractivity contribution is 5.89. The molecule has 1 aromatic rings. The summed E-state index contributed by atoms with van der Waals surface area (Å²) in [7, 11) is 1.63. The third-order valence-corrected chi connectivity index (χ3v) is 6.10. The van der Waals surface area contributed by atoms with Gasteiger partial charge in [0.15, 0.2) is 0 Å². The first-order valence-electron chi connectivity index (χ1n) is 10.2. The summed E-state index contributed by atoms with van der Waals surface area (Å²) in [4.78, 5) is 17.0. The molecule has 0 saturated carbocycles. The molecule has 6 heteroatoms. The van der Waals surface area contributed by atoms with E-state index in [1.165, 1.54) is 0 Å². The summed E-state index contributed by atoms with van der Waals surface area (Å²) in [5.41, 5.74) is 0.735. The fourth-order valence-corrected chi connectivity index (χ4v) is 4.40. The smallest absolute Gasteiger partial charge is 0.321 e. The number of nitrogens with zero attached hydrogens (tertiary/aromatic N) is 2. The van der Waals surface area contributed by atoms with Crippen LogP contribution in [-0.4, -0.2) is 67.4 Å². The van der Waals surface area contributed by atoms with Crippen molar-refractivity contribution in [1.29, 1.82) is 0 Å². The van der Waals surface area contributed by atoms with Crippen LogP contribution in [0, 0.1) is 0 Å². The van der Waals surface area contributed by atoms with Crippen LogP contribution in [0.1, 0.15) is 39.5 Å². The number of ether oxygens (including phenoxy) is 2. The van der Waals surface area contributed by atoms with Gasteiger partial charge < -0.3 is 24.6 Å². The predicted octanol–water partition coefficient (Wildman–Crippen LogP) is 3.58. The molecule has 1 aromatic carbocycles. The quantitative estimate of drug-likeness (QED) is 0.855. The molecule has 27 heavy (non-hydrogen) atoms. The molecule has 2 aliphatic heterocycles. The number of hydrogen-bond donors (Lipinski definition) is 1. The van der Waals surface area contributed by atoms with E-state index >= 15 is 0 Å². The summed E-state index contributed by atoms with van der Waals surface area (Å²) in [6, 6.07) is 8.00. The Labute approximate surface area is 162 Å². The van der Waals surface area contributed by atoms with E-state index < -0.39 is 0 Å². The zero-order valence-electron chi connectivity index (χ0n) is 16.9. The first kappa shape index (κ1) is 20.0. The Morgan fingerprint density at radius 3 is 2.52 bits per heavy atom. The maximum Gasteiger partial charge on any atom is 0.321 e. The Balaban J connectivity index is 1.53. The highest BCUT2D eigenvalue weighted by Crippen LogP contribution is 2.36. The summed E-state index contributed by atoms with van der Waals surface area (Å²) in [5, 5.41) is 2.98. The number of piperidine rings is 1. The molecule has 2 fully saturated rings. The van der Waals surface area contributed by atoms with Gasteiger partial charge in [-0.25, -0.2) is 4.79 Å². The van der Waals surface area contributed by atoms with Crippen molar-refractivity contribution in [2.24, 2.45) is 0 Å². The second kappa shape index (κ2) is 8.93. The highest BCUT2D eigenvalue weighted by Gasteiger charge is 2.42. The van der Waals surface area contributed by atoms with Crippen LogP contribution >= 0.6 is 0 Å². The Morgan fingerprint density at radius 1 is 1.26 bits per heavy atom. The van der Waals surface area contributed by atoms with Gasteiger partial charge in [0.25, 0.3) is 0 Å². The zero-order chi connectivity index (χ0) is 19.3. The summed E-state index contributed by atoms with van der Waals surface area (Å²) in [6.45, 7) is 8.97. The van der Waals surface area contributed by atoms with Gasteiger partial charge in [-0.15, -0.1) is 0 Å². The lowest BCUT2D eigenvalue weighted by Crippen LogP contribution is -2.55. The lowest BCUT2D eigenvalue weighted by atomic mass is 9.82. The summed E-state index contributed by atoms with van der Waals surface area (Å²) >= 11 is 0. The van der Waals surface area contributed by atoms with Gasteiger partial charge in [-0.3, -0.25) is 0 Å². The molecule has 2 heterocycles. The number of amides is 2. The molecule has 0 aliphatic carbocycles. The van der Waals surface area contributed by atoms with Crippen LogP contribution in [0.2, 0.25) is 0 Å². The van der Waals surface area contributed by atoms with Crippen LogP contribution in [0.15, 0.2) is 24.3 Å².